The topological polar surface area (TPSA) is 46.2 Å². The number of carbonyl (C=O) groups excluding carboxylic acids is 2. The van der Waals surface area contributed by atoms with Crippen LogP contribution in [-0.4, -0.2) is 18.2 Å². The molecule has 0 aromatic heterocycles. The zero-order valence-electron chi connectivity index (χ0n) is 12.9. The molecule has 19 heavy (non-hydrogen) atoms. The molecule has 1 rings (SSSR count). The molecule has 1 saturated carbocycles. The van der Waals surface area contributed by atoms with Crippen molar-refractivity contribution in [1.29, 1.82) is 0 Å². The van der Waals surface area contributed by atoms with Gasteiger partial charge in [-0.2, -0.15) is 0 Å². The number of rotatable bonds is 6. The third kappa shape index (κ3) is 5.75. The molecule has 0 spiro atoms. The number of hydrogen-bond donors (Lipinski definition) is 1. The number of carbonyl (C=O) groups is 2. The van der Waals surface area contributed by atoms with E-state index in [0.717, 1.165) is 32.2 Å². The van der Waals surface area contributed by atoms with Gasteiger partial charge in [-0.05, 0) is 37.5 Å². The average molecular weight is 267 g/mol. The standard InChI is InChI=1S/C16H29NO2/c1-11(2)9-15(18)17-10-13-5-7-14(8-6-13)16(19)12(3)4/h11-14H,5-10H2,1-4H3,(H,17,18). The zero-order valence-corrected chi connectivity index (χ0v) is 12.9. The van der Waals surface area contributed by atoms with Crippen molar-refractivity contribution in [3.8, 4) is 0 Å². The van der Waals surface area contributed by atoms with Crippen molar-refractivity contribution >= 4 is 11.7 Å². The van der Waals surface area contributed by atoms with Crippen molar-refractivity contribution in [3.05, 3.63) is 0 Å². The van der Waals surface area contributed by atoms with Crippen molar-refractivity contribution in [3.63, 3.8) is 0 Å². The van der Waals surface area contributed by atoms with E-state index in [-0.39, 0.29) is 17.7 Å². The maximum atomic E-state index is 11.9. The van der Waals surface area contributed by atoms with Crippen LogP contribution in [0.15, 0.2) is 0 Å². The molecule has 0 unspecified atom stereocenters. The maximum absolute atomic E-state index is 11.9. The number of hydrogen-bond acceptors (Lipinski definition) is 2. The van der Waals surface area contributed by atoms with Gasteiger partial charge in [-0.3, -0.25) is 9.59 Å². The van der Waals surface area contributed by atoms with Crippen molar-refractivity contribution in [1.82, 2.24) is 5.32 Å². The predicted octanol–water partition coefficient (Wildman–Crippen LogP) is 3.18. The molecule has 110 valence electrons. The van der Waals surface area contributed by atoms with E-state index >= 15 is 0 Å². The number of nitrogens with one attached hydrogen (secondary N) is 1. The molecule has 1 fully saturated rings. The van der Waals surface area contributed by atoms with Crippen LogP contribution in [0.2, 0.25) is 0 Å². The van der Waals surface area contributed by atoms with Crippen LogP contribution in [0.4, 0.5) is 0 Å². The van der Waals surface area contributed by atoms with E-state index in [9.17, 15) is 9.59 Å². The Hall–Kier alpha value is -0.860. The first-order chi connectivity index (χ1) is 8.90. The fraction of sp³-hybridized carbons (Fsp3) is 0.875. The third-order valence-electron chi connectivity index (χ3n) is 4.00. The van der Waals surface area contributed by atoms with Gasteiger partial charge in [-0.25, -0.2) is 0 Å². The number of Topliss-reactive ketones (excluding diaryl/α,β-unsaturated/α-hetero) is 1. The minimum Gasteiger partial charge on any atom is -0.356 e. The van der Waals surface area contributed by atoms with E-state index < -0.39 is 0 Å². The van der Waals surface area contributed by atoms with Crippen LogP contribution in [-0.2, 0) is 9.59 Å². The Morgan fingerprint density at radius 2 is 1.63 bits per heavy atom. The lowest BCUT2D eigenvalue weighted by Gasteiger charge is -2.28. The van der Waals surface area contributed by atoms with Crippen molar-refractivity contribution in [2.24, 2.45) is 23.7 Å². The molecule has 3 nitrogen and oxygen atoms in total. The Balaban J connectivity index is 2.23. The minimum absolute atomic E-state index is 0.160. The molecule has 0 radical (unpaired) electrons. The smallest absolute Gasteiger partial charge is 0.220 e. The molecule has 0 saturated heterocycles. The quantitative estimate of drug-likeness (QED) is 0.803. The van der Waals surface area contributed by atoms with Crippen LogP contribution in [0.5, 0.6) is 0 Å². The largest absolute Gasteiger partial charge is 0.356 e. The molecule has 1 N–H and O–H groups in total. The lowest BCUT2D eigenvalue weighted by molar-refractivity contribution is -0.127. The molecule has 1 aliphatic rings. The van der Waals surface area contributed by atoms with Gasteiger partial charge in [0, 0.05) is 24.8 Å². The summed E-state index contributed by atoms with van der Waals surface area (Å²) in [6.07, 6.45) is 4.76. The second-order valence-electron chi connectivity index (χ2n) is 6.68. The van der Waals surface area contributed by atoms with Gasteiger partial charge < -0.3 is 5.32 Å². The number of ketones is 1. The van der Waals surface area contributed by atoms with Gasteiger partial charge >= 0.3 is 0 Å². The fourth-order valence-electron chi connectivity index (χ4n) is 2.82. The Morgan fingerprint density at radius 1 is 1.05 bits per heavy atom. The molecular weight excluding hydrogens is 238 g/mol. The normalized spacial score (nSPS) is 23.7. The monoisotopic (exact) mass is 267 g/mol. The van der Waals surface area contributed by atoms with Gasteiger partial charge in [0.1, 0.15) is 5.78 Å². The Kier molecular flexibility index (Phi) is 6.53. The zero-order chi connectivity index (χ0) is 14.4. The van der Waals surface area contributed by atoms with E-state index in [1.807, 2.05) is 13.8 Å². The first-order valence-corrected chi connectivity index (χ1v) is 7.70. The molecule has 1 aliphatic carbocycles. The molecule has 0 aliphatic heterocycles. The molecule has 0 bridgehead atoms. The van der Waals surface area contributed by atoms with Crippen molar-refractivity contribution < 1.29 is 9.59 Å². The van der Waals surface area contributed by atoms with Gasteiger partial charge in [-0.15, -0.1) is 0 Å². The lowest BCUT2D eigenvalue weighted by Crippen LogP contribution is -2.33. The van der Waals surface area contributed by atoms with Crippen molar-refractivity contribution in [2.45, 2.75) is 59.8 Å². The second kappa shape index (κ2) is 7.66. The fourth-order valence-corrected chi connectivity index (χ4v) is 2.82. The summed E-state index contributed by atoms with van der Waals surface area (Å²) in [5.74, 6) is 1.99. The minimum atomic E-state index is 0.160. The van der Waals surface area contributed by atoms with Gasteiger partial charge in [-0.1, -0.05) is 27.7 Å². The van der Waals surface area contributed by atoms with E-state index in [1.54, 1.807) is 0 Å². The molecule has 1 amide bonds. The Labute approximate surface area is 117 Å². The average Bonchev–Trinajstić information content (AvgIpc) is 2.35. The van der Waals surface area contributed by atoms with E-state index in [1.165, 1.54) is 0 Å². The maximum Gasteiger partial charge on any atom is 0.220 e. The summed E-state index contributed by atoms with van der Waals surface area (Å²) in [6, 6.07) is 0. The summed E-state index contributed by atoms with van der Waals surface area (Å²) < 4.78 is 0. The van der Waals surface area contributed by atoms with Crippen molar-refractivity contribution in [2.75, 3.05) is 6.54 Å². The van der Waals surface area contributed by atoms with Crippen LogP contribution in [0, 0.1) is 23.7 Å². The summed E-state index contributed by atoms with van der Waals surface area (Å²) in [7, 11) is 0. The predicted molar refractivity (Wildman–Crippen MR) is 77.8 cm³/mol. The molecule has 0 heterocycles. The molecule has 3 heteroatoms. The van der Waals surface area contributed by atoms with E-state index in [4.69, 9.17) is 0 Å². The van der Waals surface area contributed by atoms with Crippen LogP contribution in [0.1, 0.15) is 59.8 Å². The van der Waals surface area contributed by atoms with Gasteiger partial charge in [0.15, 0.2) is 0 Å². The highest BCUT2D eigenvalue weighted by Crippen LogP contribution is 2.30. The van der Waals surface area contributed by atoms with E-state index in [0.29, 0.717) is 24.0 Å². The molecule has 0 aromatic rings. The van der Waals surface area contributed by atoms with Crippen LogP contribution < -0.4 is 5.32 Å². The summed E-state index contributed by atoms with van der Waals surface area (Å²) in [5.41, 5.74) is 0. The Morgan fingerprint density at radius 3 is 2.11 bits per heavy atom. The SMILES string of the molecule is CC(C)CC(=O)NCC1CCC(C(=O)C(C)C)CC1. The molecule has 0 atom stereocenters. The van der Waals surface area contributed by atoms with Crippen LogP contribution >= 0.6 is 0 Å². The summed E-state index contributed by atoms with van der Waals surface area (Å²) in [4.78, 5) is 23.5. The second-order valence-corrected chi connectivity index (χ2v) is 6.68. The third-order valence-corrected chi connectivity index (χ3v) is 4.00. The van der Waals surface area contributed by atoms with Crippen LogP contribution in [0.3, 0.4) is 0 Å². The van der Waals surface area contributed by atoms with Crippen LogP contribution in [0.25, 0.3) is 0 Å². The number of amides is 1. The highest BCUT2D eigenvalue weighted by atomic mass is 16.1. The lowest BCUT2D eigenvalue weighted by atomic mass is 9.78. The first-order valence-electron chi connectivity index (χ1n) is 7.70. The summed E-state index contributed by atoms with van der Waals surface area (Å²) >= 11 is 0. The Bertz CT molecular complexity index is 302. The summed E-state index contributed by atoms with van der Waals surface area (Å²) in [5, 5.41) is 3.03. The van der Waals surface area contributed by atoms with E-state index in [2.05, 4.69) is 19.2 Å². The molecule has 0 aromatic carbocycles. The highest BCUT2D eigenvalue weighted by Gasteiger charge is 2.27. The first kappa shape index (κ1) is 16.2. The molecular formula is C16H29NO2. The van der Waals surface area contributed by atoms with Gasteiger partial charge in [0.2, 0.25) is 5.91 Å². The summed E-state index contributed by atoms with van der Waals surface area (Å²) in [6.45, 7) is 8.87. The highest BCUT2D eigenvalue weighted by molar-refractivity contribution is 5.82. The van der Waals surface area contributed by atoms with Gasteiger partial charge in [0.25, 0.3) is 0 Å². The van der Waals surface area contributed by atoms with Gasteiger partial charge in [0.05, 0.1) is 0 Å².